The van der Waals surface area contributed by atoms with E-state index in [0.29, 0.717) is 10.7 Å². The van der Waals surface area contributed by atoms with Crippen molar-refractivity contribution < 1.29 is 29.0 Å². The SMILES string of the molecule is CO/N=C(\C(=O)NC1C(=O)N2C(C(=O)[O-])=C(CSc3nc(N)cc[n+]3N)CS[C@H]12)c1csc(N)n1. The first kappa shape index (κ1) is 24.6. The first-order valence-corrected chi connectivity index (χ1v) is 12.7. The predicted molar refractivity (Wildman–Crippen MR) is 127 cm³/mol. The maximum absolute atomic E-state index is 12.9. The van der Waals surface area contributed by atoms with Crippen molar-refractivity contribution in [1.29, 1.82) is 0 Å². The fourth-order valence-electron chi connectivity index (χ4n) is 3.37. The maximum atomic E-state index is 12.9. The number of hydrogen-bond donors (Lipinski definition) is 4. The number of nitrogen functional groups attached to an aromatic ring is 3. The van der Waals surface area contributed by atoms with Gasteiger partial charge in [0.05, 0.1) is 11.7 Å². The van der Waals surface area contributed by atoms with Crippen molar-refractivity contribution >= 4 is 69.3 Å². The van der Waals surface area contributed by atoms with Crippen LogP contribution < -0.4 is 32.4 Å². The molecular formula is C18H19N9O5S3. The molecule has 2 aliphatic heterocycles. The molecule has 2 aromatic heterocycles. The Bertz CT molecular complexity index is 1260. The number of carboxylic acids is 1. The molecule has 2 aromatic rings. The summed E-state index contributed by atoms with van der Waals surface area (Å²) < 4.78 is 1.26. The highest BCUT2D eigenvalue weighted by molar-refractivity contribution is 8.01. The molecule has 17 heteroatoms. The van der Waals surface area contributed by atoms with Crippen molar-refractivity contribution in [1.82, 2.24) is 20.2 Å². The van der Waals surface area contributed by atoms with Gasteiger partial charge in [-0.1, -0.05) is 5.16 Å². The second-order valence-electron chi connectivity index (χ2n) is 7.12. The van der Waals surface area contributed by atoms with Crippen molar-refractivity contribution in [2.75, 3.05) is 35.9 Å². The number of nitrogens with two attached hydrogens (primary N) is 3. The molecule has 2 amide bonds. The fraction of sp³-hybridized carbons (Fsp3) is 0.278. The predicted octanol–water partition coefficient (Wildman–Crippen LogP) is -2.75. The van der Waals surface area contributed by atoms with Crippen molar-refractivity contribution in [3.05, 3.63) is 34.6 Å². The van der Waals surface area contributed by atoms with E-state index in [0.717, 1.165) is 16.2 Å². The van der Waals surface area contributed by atoms with E-state index in [1.807, 2.05) is 0 Å². The Morgan fingerprint density at radius 3 is 2.86 bits per heavy atom. The summed E-state index contributed by atoms with van der Waals surface area (Å²) in [4.78, 5) is 51.6. The van der Waals surface area contributed by atoms with Crippen molar-refractivity contribution in [2.24, 2.45) is 5.16 Å². The average Bonchev–Trinajstić information content (AvgIpc) is 3.26. The molecule has 7 N–H and O–H groups in total. The number of carbonyl (C=O) groups is 3. The number of rotatable bonds is 8. The minimum atomic E-state index is -1.50. The summed E-state index contributed by atoms with van der Waals surface area (Å²) in [5.74, 6) is 3.76. The lowest BCUT2D eigenvalue weighted by atomic mass is 10.0. The number of anilines is 2. The molecule has 35 heavy (non-hydrogen) atoms. The van der Waals surface area contributed by atoms with Crippen LogP contribution in [0, 0.1) is 0 Å². The van der Waals surface area contributed by atoms with Gasteiger partial charge in [-0.3, -0.25) is 20.3 Å². The number of carbonyl (C=O) groups excluding carboxylic acids is 3. The number of nitrogens with zero attached hydrogens (tertiary/aromatic N) is 5. The lowest BCUT2D eigenvalue weighted by Gasteiger charge is -2.50. The molecule has 0 saturated carbocycles. The first-order chi connectivity index (χ1) is 16.7. The zero-order chi connectivity index (χ0) is 25.3. The summed E-state index contributed by atoms with van der Waals surface area (Å²) in [6, 6.07) is 0.548. The van der Waals surface area contributed by atoms with E-state index < -0.39 is 29.2 Å². The number of β-lactam (4-membered cyclic amide) rings is 1. The summed E-state index contributed by atoms with van der Waals surface area (Å²) >= 11 is 3.58. The number of thioether (sulfide) groups is 2. The van der Waals surface area contributed by atoms with E-state index in [1.165, 1.54) is 53.0 Å². The van der Waals surface area contributed by atoms with Gasteiger partial charge >= 0.3 is 5.16 Å². The summed E-state index contributed by atoms with van der Waals surface area (Å²) in [6.07, 6.45) is 1.53. The monoisotopic (exact) mass is 537 g/mol. The number of carboxylic acid groups (broad SMARTS) is 1. The van der Waals surface area contributed by atoms with E-state index >= 15 is 0 Å². The van der Waals surface area contributed by atoms with Crippen LogP contribution in [-0.2, 0) is 19.2 Å². The molecule has 1 unspecified atom stereocenters. The Kier molecular flexibility index (Phi) is 6.99. The second-order valence-corrected chi connectivity index (χ2v) is 10.1. The minimum absolute atomic E-state index is 0.162. The number of aliphatic carboxylic acids is 1. The number of oxime groups is 1. The van der Waals surface area contributed by atoms with Gasteiger partial charge in [0.1, 0.15) is 30.4 Å². The zero-order valence-electron chi connectivity index (χ0n) is 18.0. The Morgan fingerprint density at radius 1 is 1.43 bits per heavy atom. The third-order valence-corrected chi connectivity index (χ3v) is 7.98. The third kappa shape index (κ3) is 4.82. The molecule has 14 nitrogen and oxygen atoms in total. The van der Waals surface area contributed by atoms with E-state index in [2.05, 4.69) is 20.4 Å². The quantitative estimate of drug-likeness (QED) is 0.0512. The summed E-state index contributed by atoms with van der Waals surface area (Å²) in [5.41, 5.74) is 11.6. The average molecular weight is 538 g/mol. The van der Waals surface area contributed by atoms with Crippen LogP contribution in [0.5, 0.6) is 0 Å². The molecule has 2 aliphatic rings. The van der Waals surface area contributed by atoms with Crippen LogP contribution in [0.4, 0.5) is 10.9 Å². The zero-order valence-corrected chi connectivity index (χ0v) is 20.5. The lowest BCUT2D eigenvalue weighted by Crippen LogP contribution is -2.71. The molecule has 4 rings (SSSR count). The molecule has 0 aromatic carbocycles. The Balaban J connectivity index is 1.50. The third-order valence-electron chi connectivity index (χ3n) is 4.92. The molecule has 4 heterocycles. The number of amides is 2. The Morgan fingerprint density at radius 2 is 2.20 bits per heavy atom. The van der Waals surface area contributed by atoms with Gasteiger partial charge in [-0.05, 0) is 22.3 Å². The van der Waals surface area contributed by atoms with Crippen LogP contribution in [0.15, 0.2) is 39.2 Å². The Hall–Kier alpha value is -3.57. The van der Waals surface area contributed by atoms with Crippen molar-refractivity contribution in [3.63, 3.8) is 0 Å². The molecule has 0 spiro atoms. The van der Waals surface area contributed by atoms with Crippen LogP contribution in [0.25, 0.3) is 0 Å². The van der Waals surface area contributed by atoms with Gasteiger partial charge in [0.2, 0.25) is 5.82 Å². The topological polar surface area (TPSA) is 219 Å². The van der Waals surface area contributed by atoms with E-state index in [9.17, 15) is 19.5 Å². The second kappa shape index (κ2) is 9.96. The largest absolute Gasteiger partial charge is 0.543 e. The summed E-state index contributed by atoms with van der Waals surface area (Å²) in [7, 11) is 1.26. The van der Waals surface area contributed by atoms with Crippen LogP contribution in [0.2, 0.25) is 0 Å². The molecule has 0 bridgehead atoms. The van der Waals surface area contributed by atoms with E-state index in [1.54, 1.807) is 0 Å². The van der Waals surface area contributed by atoms with Gasteiger partial charge in [-0.15, -0.1) is 27.8 Å². The van der Waals surface area contributed by atoms with Gasteiger partial charge in [-0.2, -0.15) is 0 Å². The minimum Gasteiger partial charge on any atom is -0.543 e. The molecule has 184 valence electrons. The smallest absolute Gasteiger partial charge is 0.384 e. The van der Waals surface area contributed by atoms with Gasteiger partial charge < -0.3 is 31.5 Å². The van der Waals surface area contributed by atoms with Crippen LogP contribution in [0.1, 0.15) is 5.69 Å². The van der Waals surface area contributed by atoms with Gasteiger partial charge in [-0.25, -0.2) is 4.98 Å². The number of hydrogen-bond acceptors (Lipinski definition) is 14. The molecule has 1 fully saturated rings. The fourth-order valence-corrected chi connectivity index (χ4v) is 6.31. The first-order valence-electron chi connectivity index (χ1n) is 9.78. The lowest BCUT2D eigenvalue weighted by molar-refractivity contribution is -0.682. The maximum Gasteiger partial charge on any atom is 0.384 e. The Labute approximate surface area is 210 Å². The molecule has 0 aliphatic carbocycles. The van der Waals surface area contributed by atoms with Crippen LogP contribution in [0.3, 0.4) is 0 Å². The molecule has 1 saturated heterocycles. The highest BCUT2D eigenvalue weighted by Crippen LogP contribution is 2.41. The van der Waals surface area contributed by atoms with Gasteiger partial charge in [0, 0.05) is 23.0 Å². The van der Waals surface area contributed by atoms with Crippen molar-refractivity contribution in [3.8, 4) is 0 Å². The van der Waals surface area contributed by atoms with Crippen LogP contribution >= 0.6 is 34.9 Å². The number of fused-ring (bicyclic) bond motifs is 1. The highest BCUT2D eigenvalue weighted by atomic mass is 32.2. The van der Waals surface area contributed by atoms with Gasteiger partial charge in [0.25, 0.3) is 11.8 Å². The standard InChI is InChI=1S/C18H19N9O5S3/c1-32-25-10(8-6-34-17(20)22-8)13(28)24-11-14(29)27-12(16(30)31)7(4-33-15(11)27)5-35-18-23-9(19)2-3-26(18)21/h2-3,6,11,15,19H,4-5,21H2,1H3,(H4,20,22,24,28,30,31)/b25-10-/t11?,15-/m1/s1. The number of nitrogens with one attached hydrogen (secondary N) is 1. The van der Waals surface area contributed by atoms with Crippen molar-refractivity contribution in [2.45, 2.75) is 16.6 Å². The highest BCUT2D eigenvalue weighted by Gasteiger charge is 2.53. The number of aromatic nitrogens is 3. The molecular weight excluding hydrogens is 518 g/mol. The normalized spacial score (nSPS) is 19.7. The summed E-state index contributed by atoms with van der Waals surface area (Å²) in [6.45, 7) is 0. The van der Waals surface area contributed by atoms with E-state index in [-0.39, 0.29) is 39.6 Å². The molecule has 0 radical (unpaired) electrons. The number of thiazole rings is 1. The summed E-state index contributed by atoms with van der Waals surface area (Å²) in [5, 5.41) is 19.7. The van der Waals surface area contributed by atoms with Gasteiger partial charge in [0.15, 0.2) is 10.8 Å². The molecule has 2 atom stereocenters. The van der Waals surface area contributed by atoms with Crippen LogP contribution in [-0.4, -0.2) is 68.4 Å². The van der Waals surface area contributed by atoms with E-state index in [4.69, 9.17) is 22.1 Å².